The van der Waals surface area contributed by atoms with Gasteiger partial charge in [-0.25, -0.2) is 4.85 Å². The number of rotatable bonds is 5. The minimum absolute atomic E-state index is 0.332. The highest BCUT2D eigenvalue weighted by Crippen LogP contribution is 2.53. The maximum absolute atomic E-state index is 12.7. The molecule has 5 aromatic heterocycles. The van der Waals surface area contributed by atoms with Crippen LogP contribution in [0, 0.1) is 17.9 Å². The van der Waals surface area contributed by atoms with E-state index in [2.05, 4.69) is 243 Å². The molecule has 0 aliphatic rings. The highest BCUT2D eigenvalue weighted by molar-refractivity contribution is 6.26. The Morgan fingerprint density at radius 3 is 1.34 bits per heavy atom. The fraction of sp³-hybridized carbons (Fsp3) is 0. The number of furan rings is 1. The Bertz CT molecular complexity index is 5290. The number of nitrogens with zero attached hydrogens (tertiary/aromatic N) is 6. The van der Waals surface area contributed by atoms with E-state index in [0.717, 1.165) is 131 Å². The standard InChI is InChI=1S/C72H40N6O/c1-74-67-69(75-57-30-11-4-22-47(57)48-23-5-12-31-58(48)75)56(42-73)70(76-59-32-13-6-24-49(59)50-25-7-14-33-60(50)76)72(71(67)77-61-34-15-8-26-51(61)52-27-9-16-35-62(52)77)78-63-41-44(46-29-18-20-43-19-2-3-21-45(43)46)37-38-53(63)54-39-40-65-66(68(54)78)55-28-10-17-36-64(55)79-65/h2-41H. The zero-order chi connectivity index (χ0) is 52.0. The van der Waals surface area contributed by atoms with Crippen molar-refractivity contribution < 1.29 is 4.42 Å². The predicted molar refractivity (Wildman–Crippen MR) is 325 cm³/mol. The van der Waals surface area contributed by atoms with Crippen molar-refractivity contribution in [3.63, 3.8) is 0 Å². The Hall–Kier alpha value is -11.1. The van der Waals surface area contributed by atoms with Crippen molar-refractivity contribution in [1.29, 1.82) is 5.26 Å². The molecular formula is C72H40N6O. The molecule has 0 radical (unpaired) electrons. The smallest absolute Gasteiger partial charge is 0.237 e. The van der Waals surface area contributed by atoms with E-state index in [9.17, 15) is 11.8 Å². The highest BCUT2D eigenvalue weighted by Gasteiger charge is 2.35. The maximum atomic E-state index is 12.7. The summed E-state index contributed by atoms with van der Waals surface area (Å²) in [6, 6.07) is 88.1. The predicted octanol–water partition coefficient (Wildman–Crippen LogP) is 19.2. The van der Waals surface area contributed by atoms with Gasteiger partial charge in [-0.15, -0.1) is 0 Å². The van der Waals surface area contributed by atoms with Gasteiger partial charge in [0.05, 0.1) is 84.4 Å². The number of benzene rings is 12. The molecule has 5 heterocycles. The van der Waals surface area contributed by atoms with Crippen molar-refractivity contribution in [2.24, 2.45) is 0 Å². The summed E-state index contributed by atoms with van der Waals surface area (Å²) in [7, 11) is 0. The van der Waals surface area contributed by atoms with Crippen molar-refractivity contribution in [1.82, 2.24) is 18.3 Å². The van der Waals surface area contributed by atoms with E-state index in [1.165, 1.54) is 0 Å². The van der Waals surface area contributed by atoms with Gasteiger partial charge in [0, 0.05) is 48.5 Å². The van der Waals surface area contributed by atoms with Crippen LogP contribution in [0.5, 0.6) is 0 Å². The van der Waals surface area contributed by atoms with Crippen molar-refractivity contribution >= 4 is 126 Å². The van der Waals surface area contributed by atoms with Crippen LogP contribution in [-0.4, -0.2) is 18.3 Å². The first kappa shape index (κ1) is 43.2. The van der Waals surface area contributed by atoms with Crippen molar-refractivity contribution in [3.8, 4) is 39.9 Å². The summed E-state index contributed by atoms with van der Waals surface area (Å²) in [5, 5.41) is 25.1. The fourth-order valence-corrected chi connectivity index (χ4v) is 13.4. The van der Waals surface area contributed by atoms with Crippen LogP contribution < -0.4 is 0 Å². The van der Waals surface area contributed by atoms with Crippen LogP contribution in [0.4, 0.5) is 5.69 Å². The van der Waals surface area contributed by atoms with Crippen LogP contribution in [0.2, 0.25) is 0 Å². The molecule has 79 heavy (non-hydrogen) atoms. The molecule has 0 spiro atoms. The van der Waals surface area contributed by atoms with E-state index in [1.54, 1.807) is 0 Å². The average Bonchev–Trinajstić information content (AvgIpc) is 4.32. The first-order valence-electron chi connectivity index (χ1n) is 26.5. The summed E-state index contributed by atoms with van der Waals surface area (Å²) in [5.41, 5.74) is 14.1. The van der Waals surface area contributed by atoms with Crippen LogP contribution in [0.25, 0.3) is 159 Å². The number of fused-ring (bicyclic) bond motifs is 17. The third kappa shape index (κ3) is 5.77. The number of aromatic nitrogens is 4. The van der Waals surface area contributed by atoms with E-state index in [4.69, 9.17) is 9.26 Å². The molecule has 0 atom stereocenters. The van der Waals surface area contributed by atoms with Gasteiger partial charge in [0.2, 0.25) is 5.69 Å². The van der Waals surface area contributed by atoms with Crippen molar-refractivity contribution in [3.05, 3.63) is 260 Å². The largest absolute Gasteiger partial charge is 0.456 e. The quantitative estimate of drug-likeness (QED) is 0.161. The highest BCUT2D eigenvalue weighted by atomic mass is 16.3. The molecular weight excluding hydrogens is 965 g/mol. The van der Waals surface area contributed by atoms with Crippen LogP contribution in [0.1, 0.15) is 5.56 Å². The Morgan fingerprint density at radius 1 is 0.354 bits per heavy atom. The minimum atomic E-state index is 0.332. The molecule has 0 saturated carbocycles. The third-order valence-electron chi connectivity index (χ3n) is 16.6. The molecule has 12 aromatic carbocycles. The summed E-state index contributed by atoms with van der Waals surface area (Å²) in [5.74, 6) is 0. The molecule has 17 aromatic rings. The third-order valence-corrected chi connectivity index (χ3v) is 16.6. The summed E-state index contributed by atoms with van der Waals surface area (Å²) >= 11 is 0. The van der Waals surface area contributed by atoms with E-state index >= 15 is 0 Å². The molecule has 0 aliphatic heterocycles. The Morgan fingerprint density at radius 2 is 0.797 bits per heavy atom. The summed E-state index contributed by atoms with van der Waals surface area (Å²) < 4.78 is 16.0. The zero-order valence-corrected chi connectivity index (χ0v) is 42.2. The van der Waals surface area contributed by atoms with Gasteiger partial charge in [-0.05, 0) is 82.6 Å². The van der Waals surface area contributed by atoms with E-state index in [-0.39, 0.29) is 0 Å². The topological polar surface area (TPSA) is 61.0 Å². The maximum Gasteiger partial charge on any atom is 0.237 e. The van der Waals surface area contributed by atoms with Gasteiger partial charge in [0.15, 0.2) is 0 Å². The Labute approximate surface area is 450 Å². The van der Waals surface area contributed by atoms with Crippen molar-refractivity contribution in [2.75, 3.05) is 0 Å². The summed E-state index contributed by atoms with van der Waals surface area (Å²) in [6.45, 7) is 9.89. The Kier molecular flexibility index (Phi) is 8.85. The van der Waals surface area contributed by atoms with E-state index < -0.39 is 0 Å². The minimum Gasteiger partial charge on any atom is -0.456 e. The molecule has 17 rings (SSSR count). The molecule has 0 amide bonds. The summed E-state index contributed by atoms with van der Waals surface area (Å²) in [4.78, 5) is 4.81. The molecule has 0 unspecified atom stereocenters. The molecule has 0 fully saturated rings. The van der Waals surface area contributed by atoms with Gasteiger partial charge in [-0.3, -0.25) is 0 Å². The van der Waals surface area contributed by atoms with Gasteiger partial charge in [0.1, 0.15) is 17.2 Å². The molecule has 0 N–H and O–H groups in total. The molecule has 0 aliphatic carbocycles. The molecule has 7 nitrogen and oxygen atoms in total. The van der Waals surface area contributed by atoms with Gasteiger partial charge >= 0.3 is 0 Å². The lowest BCUT2D eigenvalue weighted by Crippen LogP contribution is -2.14. The second-order valence-corrected chi connectivity index (χ2v) is 20.5. The molecule has 0 saturated heterocycles. The summed E-state index contributed by atoms with van der Waals surface area (Å²) in [6.07, 6.45) is 0. The van der Waals surface area contributed by atoms with Gasteiger partial charge in [-0.1, -0.05) is 182 Å². The van der Waals surface area contributed by atoms with Crippen LogP contribution >= 0.6 is 0 Å². The lowest BCUT2D eigenvalue weighted by Gasteiger charge is -2.27. The van der Waals surface area contributed by atoms with Crippen LogP contribution in [-0.2, 0) is 0 Å². The monoisotopic (exact) mass is 1000 g/mol. The lowest BCUT2D eigenvalue weighted by atomic mass is 9.97. The SMILES string of the molecule is [C-]#[N+]c1c(-n2c3ccccc3c3ccccc32)c(C#N)c(-n2c3ccccc3c3ccccc32)c(-n2c3cc(-c4cccc5ccccc45)ccc3c3ccc4oc5ccccc5c4c32)c1-n1c2ccccc2c2ccccc21. The zero-order valence-electron chi connectivity index (χ0n) is 42.2. The van der Waals surface area contributed by atoms with Crippen molar-refractivity contribution in [2.45, 2.75) is 0 Å². The Balaban J connectivity index is 1.21. The lowest BCUT2D eigenvalue weighted by molar-refractivity contribution is 0.669. The second kappa shape index (κ2) is 16.2. The van der Waals surface area contributed by atoms with Gasteiger partial charge in [-0.2, -0.15) is 5.26 Å². The van der Waals surface area contributed by atoms with E-state index in [0.29, 0.717) is 34.0 Å². The number of hydrogen-bond acceptors (Lipinski definition) is 2. The van der Waals surface area contributed by atoms with Gasteiger partial charge in [0.25, 0.3) is 0 Å². The van der Waals surface area contributed by atoms with E-state index in [1.807, 2.05) is 24.3 Å². The first-order chi connectivity index (χ1) is 39.2. The fourth-order valence-electron chi connectivity index (χ4n) is 13.4. The average molecular weight is 1010 g/mol. The number of para-hydroxylation sites is 7. The molecule has 0 bridgehead atoms. The normalized spacial score (nSPS) is 12.0. The molecule has 364 valence electrons. The van der Waals surface area contributed by atoms with Crippen LogP contribution in [0.3, 0.4) is 0 Å². The first-order valence-corrected chi connectivity index (χ1v) is 26.5. The van der Waals surface area contributed by atoms with Crippen LogP contribution in [0.15, 0.2) is 247 Å². The van der Waals surface area contributed by atoms with Gasteiger partial charge < -0.3 is 22.7 Å². The molecule has 7 heteroatoms. The number of nitriles is 1. The number of hydrogen-bond donors (Lipinski definition) is 0. The second-order valence-electron chi connectivity index (χ2n) is 20.5.